The molecule has 1 aliphatic heterocycles. The molecule has 2 unspecified atom stereocenters. The molecule has 1 saturated heterocycles. The smallest absolute Gasteiger partial charge is 0.396 e. The first-order valence-electron chi connectivity index (χ1n) is 8.25. The van der Waals surface area contributed by atoms with Crippen molar-refractivity contribution < 1.29 is 23.1 Å². The number of nitrogens with one attached hydrogen (secondary N) is 1. The van der Waals surface area contributed by atoms with Crippen LogP contribution in [0.2, 0.25) is 0 Å². The number of rotatable bonds is 3. The standard InChI is InChI=1S/C18H25F3N2O2/c1-12-9-23(10-17(12,4)11-24)15(25)22-14-7-5-13(6-8-14)16(2,3)18(19,20)21/h5-8,12,24H,9-11H2,1-4H3,(H,22,25). The number of hydrogen-bond acceptors (Lipinski definition) is 2. The molecular weight excluding hydrogens is 333 g/mol. The molecule has 2 atom stereocenters. The second-order valence-corrected chi connectivity index (χ2v) is 7.72. The van der Waals surface area contributed by atoms with Gasteiger partial charge in [-0.25, -0.2) is 4.79 Å². The highest BCUT2D eigenvalue weighted by Crippen LogP contribution is 2.40. The lowest BCUT2D eigenvalue weighted by molar-refractivity contribution is -0.180. The molecule has 1 aromatic carbocycles. The predicted molar refractivity (Wildman–Crippen MR) is 90.5 cm³/mol. The van der Waals surface area contributed by atoms with E-state index in [9.17, 15) is 23.1 Å². The Morgan fingerprint density at radius 2 is 1.88 bits per heavy atom. The molecule has 4 nitrogen and oxygen atoms in total. The van der Waals surface area contributed by atoms with Crippen LogP contribution in [0.25, 0.3) is 0 Å². The van der Waals surface area contributed by atoms with Crippen LogP contribution < -0.4 is 5.32 Å². The fraction of sp³-hybridized carbons (Fsp3) is 0.611. The van der Waals surface area contributed by atoms with E-state index in [1.807, 2.05) is 13.8 Å². The summed E-state index contributed by atoms with van der Waals surface area (Å²) in [6, 6.07) is 5.41. The largest absolute Gasteiger partial charge is 0.397 e. The number of urea groups is 1. The fourth-order valence-electron chi connectivity index (χ4n) is 2.90. The van der Waals surface area contributed by atoms with Gasteiger partial charge in [-0.05, 0) is 37.5 Å². The number of halogens is 3. The highest BCUT2D eigenvalue weighted by atomic mass is 19.4. The monoisotopic (exact) mass is 358 g/mol. The first kappa shape index (κ1) is 19.6. The Balaban J connectivity index is 2.06. The number of anilines is 1. The van der Waals surface area contributed by atoms with Gasteiger partial charge in [0.25, 0.3) is 0 Å². The number of aliphatic hydroxyl groups excluding tert-OH is 1. The molecule has 140 valence electrons. The van der Waals surface area contributed by atoms with E-state index in [0.29, 0.717) is 18.8 Å². The van der Waals surface area contributed by atoms with Gasteiger partial charge in [0, 0.05) is 24.2 Å². The number of hydrogen-bond donors (Lipinski definition) is 2. The van der Waals surface area contributed by atoms with E-state index >= 15 is 0 Å². The maximum absolute atomic E-state index is 13.1. The van der Waals surface area contributed by atoms with Gasteiger partial charge >= 0.3 is 12.2 Å². The molecule has 25 heavy (non-hydrogen) atoms. The SMILES string of the molecule is CC1CN(C(=O)Nc2ccc(C(C)(C)C(F)(F)F)cc2)CC1(C)CO. The quantitative estimate of drug-likeness (QED) is 0.858. The van der Waals surface area contributed by atoms with Gasteiger partial charge in [0.15, 0.2) is 0 Å². The Bertz CT molecular complexity index is 628. The summed E-state index contributed by atoms with van der Waals surface area (Å²) in [6.07, 6.45) is -4.35. The Kier molecular flexibility index (Phi) is 5.10. The van der Waals surface area contributed by atoms with Crippen LogP contribution in [0.5, 0.6) is 0 Å². The second kappa shape index (κ2) is 6.52. The molecule has 0 radical (unpaired) electrons. The van der Waals surface area contributed by atoms with Gasteiger partial charge in [0.1, 0.15) is 0 Å². The van der Waals surface area contributed by atoms with Crippen molar-refractivity contribution in [2.24, 2.45) is 11.3 Å². The van der Waals surface area contributed by atoms with E-state index in [1.165, 1.54) is 24.3 Å². The number of benzene rings is 1. The minimum Gasteiger partial charge on any atom is -0.396 e. The van der Waals surface area contributed by atoms with Gasteiger partial charge in [-0.2, -0.15) is 13.2 Å². The van der Waals surface area contributed by atoms with Gasteiger partial charge in [-0.3, -0.25) is 0 Å². The Morgan fingerprint density at radius 1 is 1.32 bits per heavy atom. The van der Waals surface area contributed by atoms with Crippen LogP contribution in [0, 0.1) is 11.3 Å². The summed E-state index contributed by atoms with van der Waals surface area (Å²) in [7, 11) is 0. The number of amides is 2. The van der Waals surface area contributed by atoms with E-state index in [-0.39, 0.29) is 29.5 Å². The Morgan fingerprint density at radius 3 is 2.32 bits per heavy atom. The zero-order valence-corrected chi connectivity index (χ0v) is 14.9. The molecule has 2 rings (SSSR count). The summed E-state index contributed by atoms with van der Waals surface area (Å²) in [6.45, 7) is 7.14. The van der Waals surface area contributed by atoms with Crippen molar-refractivity contribution in [3.63, 3.8) is 0 Å². The Hall–Kier alpha value is -1.76. The molecule has 1 heterocycles. The highest BCUT2D eigenvalue weighted by molar-refractivity contribution is 5.89. The van der Waals surface area contributed by atoms with Gasteiger partial charge < -0.3 is 15.3 Å². The van der Waals surface area contributed by atoms with E-state index in [1.54, 1.807) is 4.90 Å². The molecule has 1 fully saturated rings. The molecule has 0 saturated carbocycles. The van der Waals surface area contributed by atoms with E-state index in [0.717, 1.165) is 13.8 Å². The summed E-state index contributed by atoms with van der Waals surface area (Å²) < 4.78 is 39.2. The third kappa shape index (κ3) is 3.76. The normalized spacial score (nSPS) is 24.5. The van der Waals surface area contributed by atoms with Crippen molar-refractivity contribution in [2.45, 2.75) is 39.3 Å². The minimum atomic E-state index is -4.35. The number of alkyl halides is 3. The summed E-state index contributed by atoms with van der Waals surface area (Å²) in [5.74, 6) is 0.165. The highest BCUT2D eigenvalue weighted by Gasteiger charge is 2.48. The lowest BCUT2D eigenvalue weighted by atomic mass is 9.82. The molecule has 2 amide bonds. The topological polar surface area (TPSA) is 52.6 Å². The van der Waals surface area contributed by atoms with Crippen LogP contribution in [-0.4, -0.2) is 41.9 Å². The van der Waals surface area contributed by atoms with Crippen LogP contribution in [0.1, 0.15) is 33.3 Å². The van der Waals surface area contributed by atoms with Crippen molar-refractivity contribution >= 4 is 11.7 Å². The number of likely N-dealkylation sites (tertiary alicyclic amines) is 1. The predicted octanol–water partition coefficient (Wildman–Crippen LogP) is 4.01. The van der Waals surface area contributed by atoms with Crippen LogP contribution in [0.15, 0.2) is 24.3 Å². The first-order chi connectivity index (χ1) is 11.4. The van der Waals surface area contributed by atoms with Crippen molar-refractivity contribution in [3.05, 3.63) is 29.8 Å². The average molecular weight is 358 g/mol. The number of carbonyl (C=O) groups is 1. The number of aliphatic hydroxyl groups is 1. The third-order valence-electron chi connectivity index (χ3n) is 5.45. The number of carbonyl (C=O) groups excluding carboxylic acids is 1. The first-order valence-corrected chi connectivity index (χ1v) is 8.25. The van der Waals surface area contributed by atoms with Gasteiger partial charge in [-0.15, -0.1) is 0 Å². The maximum atomic E-state index is 13.1. The zero-order valence-electron chi connectivity index (χ0n) is 14.9. The van der Waals surface area contributed by atoms with Crippen LogP contribution in [-0.2, 0) is 5.41 Å². The van der Waals surface area contributed by atoms with Gasteiger partial charge in [0.05, 0.1) is 12.0 Å². The van der Waals surface area contributed by atoms with Crippen molar-refractivity contribution in [1.29, 1.82) is 0 Å². The zero-order chi connectivity index (χ0) is 19.0. The Labute approximate surface area is 146 Å². The van der Waals surface area contributed by atoms with Crippen molar-refractivity contribution in [1.82, 2.24) is 4.90 Å². The molecule has 0 bridgehead atoms. The summed E-state index contributed by atoms with van der Waals surface area (Å²) in [5.41, 5.74) is -1.71. The van der Waals surface area contributed by atoms with Gasteiger partial charge in [0.2, 0.25) is 0 Å². The lowest BCUT2D eigenvalue weighted by Crippen LogP contribution is -2.36. The van der Waals surface area contributed by atoms with Crippen molar-refractivity contribution in [2.75, 3.05) is 25.0 Å². The van der Waals surface area contributed by atoms with E-state index < -0.39 is 11.6 Å². The molecular formula is C18H25F3N2O2. The van der Waals surface area contributed by atoms with Crippen LogP contribution in [0.3, 0.4) is 0 Å². The summed E-state index contributed by atoms with van der Waals surface area (Å²) in [5, 5.41) is 12.2. The fourth-order valence-corrected chi connectivity index (χ4v) is 2.90. The molecule has 7 heteroatoms. The maximum Gasteiger partial charge on any atom is 0.397 e. The van der Waals surface area contributed by atoms with Crippen LogP contribution >= 0.6 is 0 Å². The van der Waals surface area contributed by atoms with E-state index in [2.05, 4.69) is 5.32 Å². The lowest BCUT2D eigenvalue weighted by Gasteiger charge is -2.28. The van der Waals surface area contributed by atoms with Gasteiger partial charge in [-0.1, -0.05) is 26.0 Å². The minimum absolute atomic E-state index is 0.000825. The second-order valence-electron chi connectivity index (χ2n) is 7.72. The third-order valence-corrected chi connectivity index (χ3v) is 5.45. The molecule has 0 aromatic heterocycles. The molecule has 1 aliphatic rings. The summed E-state index contributed by atoms with van der Waals surface area (Å²) in [4.78, 5) is 14.0. The molecule has 0 spiro atoms. The molecule has 1 aromatic rings. The van der Waals surface area contributed by atoms with Crippen LogP contribution in [0.4, 0.5) is 23.7 Å². The molecule has 0 aliphatic carbocycles. The molecule has 2 N–H and O–H groups in total. The summed E-state index contributed by atoms with van der Waals surface area (Å²) >= 11 is 0. The van der Waals surface area contributed by atoms with Crippen molar-refractivity contribution in [3.8, 4) is 0 Å². The van der Waals surface area contributed by atoms with E-state index in [4.69, 9.17) is 0 Å². The average Bonchev–Trinajstić information content (AvgIpc) is 2.83. The number of nitrogens with zero attached hydrogens (tertiary/aromatic N) is 1.